The second kappa shape index (κ2) is 4.79. The van der Waals surface area contributed by atoms with E-state index >= 15 is 0 Å². The summed E-state index contributed by atoms with van der Waals surface area (Å²) in [4.78, 5) is 11.3. The van der Waals surface area contributed by atoms with Crippen molar-refractivity contribution in [2.24, 2.45) is 0 Å². The zero-order chi connectivity index (χ0) is 12.4. The molecule has 2 atom stereocenters. The van der Waals surface area contributed by atoms with Crippen LogP contribution in [0.4, 0.5) is 8.78 Å². The van der Waals surface area contributed by atoms with Gasteiger partial charge in [-0.2, -0.15) is 0 Å². The Hall–Kier alpha value is -1.49. The van der Waals surface area contributed by atoms with E-state index in [-0.39, 0.29) is 18.1 Å². The third-order valence-electron chi connectivity index (χ3n) is 2.98. The van der Waals surface area contributed by atoms with Gasteiger partial charge in [-0.25, -0.2) is 8.78 Å². The van der Waals surface area contributed by atoms with Gasteiger partial charge in [0.25, 0.3) is 0 Å². The van der Waals surface area contributed by atoms with E-state index in [2.05, 4.69) is 10.1 Å². The lowest BCUT2D eigenvalue weighted by atomic mass is 10.1. The number of carbonyl (C=O) groups excluding carboxylic acids is 1. The van der Waals surface area contributed by atoms with Gasteiger partial charge in [0, 0.05) is 6.04 Å². The van der Waals surface area contributed by atoms with E-state index in [0.717, 1.165) is 12.1 Å². The van der Waals surface area contributed by atoms with Crippen molar-refractivity contribution in [2.45, 2.75) is 24.9 Å². The van der Waals surface area contributed by atoms with Crippen molar-refractivity contribution >= 4 is 5.97 Å². The third kappa shape index (κ3) is 2.44. The molecular weight excluding hydrogens is 228 g/mol. The quantitative estimate of drug-likeness (QED) is 0.804. The SMILES string of the molecule is COC(=O)[C@@H]1CC[C@H](c2ccc(F)c(F)c2)N1. The highest BCUT2D eigenvalue weighted by molar-refractivity contribution is 5.76. The zero-order valence-electron chi connectivity index (χ0n) is 9.37. The van der Waals surface area contributed by atoms with Gasteiger partial charge in [-0.1, -0.05) is 6.07 Å². The zero-order valence-corrected chi connectivity index (χ0v) is 9.37. The molecule has 0 amide bonds. The minimum absolute atomic E-state index is 0.130. The molecule has 0 aromatic heterocycles. The number of halogens is 2. The number of carbonyl (C=O) groups is 1. The van der Waals surface area contributed by atoms with Crippen molar-refractivity contribution in [2.75, 3.05) is 7.11 Å². The predicted molar refractivity (Wildman–Crippen MR) is 57.3 cm³/mol. The number of benzene rings is 1. The molecule has 1 aromatic rings. The highest BCUT2D eigenvalue weighted by atomic mass is 19.2. The van der Waals surface area contributed by atoms with Gasteiger partial charge in [-0.05, 0) is 30.5 Å². The molecule has 1 heterocycles. The summed E-state index contributed by atoms with van der Waals surface area (Å²) in [6.07, 6.45) is 1.33. The highest BCUT2D eigenvalue weighted by Gasteiger charge is 2.30. The van der Waals surface area contributed by atoms with E-state index in [0.29, 0.717) is 18.4 Å². The van der Waals surface area contributed by atoms with Gasteiger partial charge in [0.1, 0.15) is 6.04 Å². The van der Waals surface area contributed by atoms with Crippen LogP contribution in [-0.2, 0) is 9.53 Å². The fourth-order valence-electron chi connectivity index (χ4n) is 2.06. The maximum atomic E-state index is 13.1. The molecule has 1 aliphatic heterocycles. The average molecular weight is 241 g/mol. The maximum absolute atomic E-state index is 13.1. The molecule has 1 N–H and O–H groups in total. The van der Waals surface area contributed by atoms with Crippen LogP contribution < -0.4 is 5.32 Å². The number of ether oxygens (including phenoxy) is 1. The topological polar surface area (TPSA) is 38.3 Å². The van der Waals surface area contributed by atoms with Crippen molar-refractivity contribution in [1.29, 1.82) is 0 Å². The Morgan fingerprint density at radius 2 is 2.12 bits per heavy atom. The van der Waals surface area contributed by atoms with Crippen molar-refractivity contribution in [1.82, 2.24) is 5.32 Å². The predicted octanol–water partition coefficient (Wildman–Crippen LogP) is 1.93. The van der Waals surface area contributed by atoms with Gasteiger partial charge >= 0.3 is 5.97 Å². The molecule has 1 saturated heterocycles. The van der Waals surface area contributed by atoms with Crippen molar-refractivity contribution in [3.63, 3.8) is 0 Å². The van der Waals surface area contributed by atoms with Crippen LogP contribution in [0.5, 0.6) is 0 Å². The van der Waals surface area contributed by atoms with Crippen LogP contribution in [0.25, 0.3) is 0 Å². The third-order valence-corrected chi connectivity index (χ3v) is 2.98. The number of nitrogens with one attached hydrogen (secondary N) is 1. The van der Waals surface area contributed by atoms with Crippen LogP contribution in [0.3, 0.4) is 0 Å². The van der Waals surface area contributed by atoms with Gasteiger partial charge in [0.2, 0.25) is 0 Å². The number of hydrogen-bond donors (Lipinski definition) is 1. The van der Waals surface area contributed by atoms with E-state index in [4.69, 9.17) is 0 Å². The standard InChI is InChI=1S/C12H13F2NO2/c1-17-12(16)11-5-4-10(15-11)7-2-3-8(13)9(14)6-7/h2-3,6,10-11,15H,4-5H2,1H3/t10-,11+/m1/s1. The number of methoxy groups -OCH3 is 1. The van der Waals surface area contributed by atoms with Crippen LogP contribution in [0, 0.1) is 11.6 Å². The lowest BCUT2D eigenvalue weighted by molar-refractivity contribution is -0.142. The van der Waals surface area contributed by atoms with Gasteiger partial charge in [0.15, 0.2) is 11.6 Å². The molecule has 92 valence electrons. The van der Waals surface area contributed by atoms with Gasteiger partial charge in [-0.3, -0.25) is 10.1 Å². The molecule has 1 fully saturated rings. The molecule has 0 unspecified atom stereocenters. The molecule has 0 bridgehead atoms. The van der Waals surface area contributed by atoms with Gasteiger partial charge in [0.05, 0.1) is 7.11 Å². The fourth-order valence-corrected chi connectivity index (χ4v) is 2.06. The summed E-state index contributed by atoms with van der Waals surface area (Å²) in [5, 5.41) is 3.04. The van der Waals surface area contributed by atoms with Crippen molar-refractivity contribution < 1.29 is 18.3 Å². The first-order chi connectivity index (χ1) is 8.11. The molecular formula is C12H13F2NO2. The highest BCUT2D eigenvalue weighted by Crippen LogP contribution is 2.27. The molecule has 0 radical (unpaired) electrons. The molecule has 17 heavy (non-hydrogen) atoms. The van der Waals surface area contributed by atoms with Gasteiger partial charge < -0.3 is 4.74 Å². The summed E-state index contributed by atoms with van der Waals surface area (Å²) >= 11 is 0. The summed E-state index contributed by atoms with van der Waals surface area (Å²) < 4.78 is 30.5. The molecule has 1 aromatic carbocycles. The Bertz CT molecular complexity index is 437. The largest absolute Gasteiger partial charge is 0.468 e. The first-order valence-corrected chi connectivity index (χ1v) is 5.40. The number of hydrogen-bond acceptors (Lipinski definition) is 3. The van der Waals surface area contributed by atoms with E-state index in [1.54, 1.807) is 0 Å². The Balaban J connectivity index is 2.10. The molecule has 3 nitrogen and oxygen atoms in total. The number of rotatable bonds is 2. The molecule has 1 aliphatic rings. The summed E-state index contributed by atoms with van der Waals surface area (Å²) in [6.45, 7) is 0. The monoisotopic (exact) mass is 241 g/mol. The van der Waals surface area contributed by atoms with Crippen LogP contribution >= 0.6 is 0 Å². The normalized spacial score (nSPS) is 23.7. The Morgan fingerprint density at radius 3 is 2.76 bits per heavy atom. The van der Waals surface area contributed by atoms with Crippen LogP contribution in [0.15, 0.2) is 18.2 Å². The van der Waals surface area contributed by atoms with E-state index < -0.39 is 11.6 Å². The number of esters is 1. The van der Waals surface area contributed by atoms with E-state index in [1.807, 2.05) is 0 Å². The second-order valence-electron chi connectivity index (χ2n) is 4.05. The van der Waals surface area contributed by atoms with Crippen molar-refractivity contribution in [3.05, 3.63) is 35.4 Å². The molecule has 5 heteroatoms. The summed E-state index contributed by atoms with van der Waals surface area (Å²) in [6, 6.07) is 3.28. The lowest BCUT2D eigenvalue weighted by Gasteiger charge is -2.13. The Labute approximate surface area is 97.8 Å². The molecule has 2 rings (SSSR count). The van der Waals surface area contributed by atoms with Crippen LogP contribution in [-0.4, -0.2) is 19.1 Å². The van der Waals surface area contributed by atoms with E-state index in [9.17, 15) is 13.6 Å². The Morgan fingerprint density at radius 1 is 1.35 bits per heavy atom. The summed E-state index contributed by atoms with van der Waals surface area (Å²) in [7, 11) is 1.33. The minimum Gasteiger partial charge on any atom is -0.468 e. The lowest BCUT2D eigenvalue weighted by Crippen LogP contribution is -2.33. The fraction of sp³-hybridized carbons (Fsp3) is 0.417. The van der Waals surface area contributed by atoms with E-state index in [1.165, 1.54) is 13.2 Å². The minimum atomic E-state index is -0.870. The summed E-state index contributed by atoms with van der Waals surface area (Å²) in [5.41, 5.74) is 0.648. The molecule has 0 saturated carbocycles. The van der Waals surface area contributed by atoms with Crippen molar-refractivity contribution in [3.8, 4) is 0 Å². The molecule has 0 spiro atoms. The van der Waals surface area contributed by atoms with Gasteiger partial charge in [-0.15, -0.1) is 0 Å². The van der Waals surface area contributed by atoms with Crippen LogP contribution in [0.2, 0.25) is 0 Å². The Kier molecular flexibility index (Phi) is 3.38. The first-order valence-electron chi connectivity index (χ1n) is 5.40. The average Bonchev–Trinajstić information content (AvgIpc) is 2.81. The smallest absolute Gasteiger partial charge is 0.322 e. The second-order valence-corrected chi connectivity index (χ2v) is 4.05. The maximum Gasteiger partial charge on any atom is 0.322 e. The van der Waals surface area contributed by atoms with Crippen LogP contribution in [0.1, 0.15) is 24.4 Å². The summed E-state index contributed by atoms with van der Waals surface area (Å²) in [5.74, 6) is -2.06. The molecule has 0 aliphatic carbocycles. The first kappa shape index (κ1) is 12.0.